The minimum absolute atomic E-state index is 0.0921. The Bertz CT molecular complexity index is 1860. The highest BCUT2D eigenvalue weighted by molar-refractivity contribution is 5.47. The molecular formula is C38H28O6. The Kier molecular flexibility index (Phi) is 9.65. The fourth-order valence-corrected chi connectivity index (χ4v) is 7.77. The van der Waals surface area contributed by atoms with Crippen LogP contribution >= 0.6 is 0 Å². The van der Waals surface area contributed by atoms with Gasteiger partial charge in [-0.2, -0.15) is 4.89 Å². The molecule has 44 heavy (non-hydrogen) atoms. The molecular weight excluding hydrogens is 552 g/mol. The zero-order valence-corrected chi connectivity index (χ0v) is 24.4. The van der Waals surface area contributed by atoms with Crippen LogP contribution in [0.5, 0.6) is 0 Å². The molecule has 1 aromatic heterocycles. The van der Waals surface area contributed by atoms with Crippen LogP contribution < -0.4 is 0 Å². The van der Waals surface area contributed by atoms with Crippen molar-refractivity contribution in [3.63, 3.8) is 0 Å². The van der Waals surface area contributed by atoms with Gasteiger partial charge in [0.05, 0.1) is 25.4 Å². The molecule has 1 aromatic rings. The van der Waals surface area contributed by atoms with Crippen LogP contribution in [0.25, 0.3) is 0 Å². The van der Waals surface area contributed by atoms with E-state index in [-0.39, 0.29) is 23.7 Å². The van der Waals surface area contributed by atoms with Crippen molar-refractivity contribution in [3.05, 3.63) is 23.7 Å². The fourth-order valence-electron chi connectivity index (χ4n) is 7.77. The average molecular weight is 581 g/mol. The van der Waals surface area contributed by atoms with Crippen LogP contribution in [0.3, 0.4) is 0 Å². The molecule has 0 aromatic carbocycles. The maximum absolute atomic E-state index is 11.6. The zero-order chi connectivity index (χ0) is 30.8. The lowest BCUT2D eigenvalue weighted by Crippen LogP contribution is -2.66. The lowest BCUT2D eigenvalue weighted by molar-refractivity contribution is -0.323. The lowest BCUT2D eigenvalue weighted by Gasteiger charge is -2.66. The first-order valence-electron chi connectivity index (χ1n) is 14.3. The Morgan fingerprint density at radius 2 is 1.43 bits per heavy atom. The van der Waals surface area contributed by atoms with Gasteiger partial charge in [-0.15, -0.1) is 0 Å². The van der Waals surface area contributed by atoms with Gasteiger partial charge in [0.15, 0.2) is 12.4 Å². The van der Waals surface area contributed by atoms with Crippen LogP contribution in [0.15, 0.2) is 16.7 Å². The van der Waals surface area contributed by atoms with E-state index in [0.29, 0.717) is 12.4 Å². The topological polar surface area (TPSA) is 81.3 Å². The van der Waals surface area contributed by atoms with Crippen LogP contribution in [0.1, 0.15) is 62.4 Å². The van der Waals surface area contributed by atoms with Gasteiger partial charge in [-0.3, -0.25) is 4.89 Å². The van der Waals surface area contributed by atoms with Crippen molar-refractivity contribution in [2.24, 2.45) is 28.6 Å². The highest BCUT2D eigenvalue weighted by Gasteiger charge is 2.69. The van der Waals surface area contributed by atoms with Gasteiger partial charge in [0.25, 0.3) is 0 Å². The first-order valence-corrected chi connectivity index (χ1v) is 14.3. The van der Waals surface area contributed by atoms with E-state index in [1.54, 1.807) is 6.26 Å². The highest BCUT2D eigenvalue weighted by Crippen LogP contribution is 2.70. The largest absolute Gasteiger partial charge is 0.466 e. The van der Waals surface area contributed by atoms with Crippen molar-refractivity contribution in [2.45, 2.75) is 57.3 Å². The summed E-state index contributed by atoms with van der Waals surface area (Å²) in [6, 6.07) is 1.97. The van der Waals surface area contributed by atoms with Crippen molar-refractivity contribution in [2.75, 3.05) is 13.7 Å². The molecule has 1 aliphatic heterocycles. The number of aliphatic hydroxyl groups is 2. The molecule has 0 radical (unpaired) electrons. The predicted molar refractivity (Wildman–Crippen MR) is 161 cm³/mol. The maximum atomic E-state index is 11.6. The van der Waals surface area contributed by atoms with Crippen molar-refractivity contribution < 1.29 is 29.1 Å². The van der Waals surface area contributed by atoms with Crippen LogP contribution in [0.4, 0.5) is 0 Å². The second kappa shape index (κ2) is 14.0. The molecule has 0 amide bonds. The third-order valence-electron chi connectivity index (χ3n) is 9.27. The molecule has 2 saturated carbocycles. The molecule has 2 N–H and O–H groups in total. The van der Waals surface area contributed by atoms with Gasteiger partial charge >= 0.3 is 0 Å². The molecule has 2 bridgehead atoms. The number of hydrogen-bond acceptors (Lipinski definition) is 6. The normalized spacial score (nSPS) is 31.0. The Balaban J connectivity index is 1.24. The highest BCUT2D eigenvalue weighted by atomic mass is 17.2. The summed E-state index contributed by atoms with van der Waals surface area (Å²) < 4.78 is 11.8. The van der Waals surface area contributed by atoms with Gasteiger partial charge in [0.2, 0.25) is 0 Å². The number of hydrogen-bond donors (Lipinski definition) is 2. The van der Waals surface area contributed by atoms with E-state index in [4.69, 9.17) is 9.15 Å². The Labute approximate surface area is 258 Å². The molecule has 2 heterocycles. The van der Waals surface area contributed by atoms with E-state index < -0.39 is 23.2 Å². The van der Waals surface area contributed by atoms with Gasteiger partial charge in [0.1, 0.15) is 11.9 Å². The minimum Gasteiger partial charge on any atom is -0.466 e. The summed E-state index contributed by atoms with van der Waals surface area (Å²) >= 11 is 0. The predicted octanol–water partition coefficient (Wildman–Crippen LogP) is 3.14. The molecule has 3 aliphatic carbocycles. The third kappa shape index (κ3) is 5.91. The van der Waals surface area contributed by atoms with E-state index in [0.717, 1.165) is 37.7 Å². The second-order valence-corrected chi connectivity index (χ2v) is 11.1. The standard InChI is InChI=1S/C38H28O6/c1-29-30-20-21-32-37(23-17-15-13-11-9-7-5-3-4-6-8-10-12-14-16-18-26-44-41-2)24-19-25-38(32,36(40)43-28-37)33(30)34(39)35-31(29)22-27-42-35/h22,27,29-30,32-34,36,39-40H,19-21,24-25,28H2,1-2H3/t29-,30+,32+,33-,34-,36+,37+,38-/m1/s1. The summed E-state index contributed by atoms with van der Waals surface area (Å²) in [7, 11) is 1.34. The number of rotatable bonds is 1. The molecule has 6 heteroatoms. The molecule has 216 valence electrons. The molecule has 0 spiro atoms. The van der Waals surface area contributed by atoms with E-state index in [9.17, 15) is 10.2 Å². The number of furan rings is 1. The molecule has 3 fully saturated rings. The molecule has 6 nitrogen and oxygen atoms in total. The smallest absolute Gasteiger partial charge is 0.171 e. The number of aliphatic hydroxyl groups excluding tert-OH is 2. The van der Waals surface area contributed by atoms with E-state index in [1.165, 1.54) is 7.11 Å². The first kappa shape index (κ1) is 30.4. The van der Waals surface area contributed by atoms with Gasteiger partial charge in [0, 0.05) is 58.7 Å². The van der Waals surface area contributed by atoms with Crippen LogP contribution in [0.2, 0.25) is 0 Å². The quantitative estimate of drug-likeness (QED) is 0.302. The van der Waals surface area contributed by atoms with Gasteiger partial charge in [-0.05, 0) is 102 Å². The zero-order valence-electron chi connectivity index (χ0n) is 24.4. The van der Waals surface area contributed by atoms with Crippen molar-refractivity contribution in [1.82, 2.24) is 0 Å². The van der Waals surface area contributed by atoms with Gasteiger partial charge in [-0.1, -0.05) is 19.3 Å². The summed E-state index contributed by atoms with van der Waals surface area (Å²) in [4.78, 5) is 8.60. The van der Waals surface area contributed by atoms with E-state index in [1.807, 2.05) is 6.07 Å². The Morgan fingerprint density at radius 1 is 0.818 bits per heavy atom. The lowest BCUT2D eigenvalue weighted by atomic mass is 9.41. The van der Waals surface area contributed by atoms with Crippen molar-refractivity contribution >= 4 is 0 Å². The van der Waals surface area contributed by atoms with E-state index >= 15 is 0 Å². The first-order chi connectivity index (χ1) is 21.5. The van der Waals surface area contributed by atoms with Crippen molar-refractivity contribution in [3.8, 4) is 107 Å². The molecule has 1 saturated heterocycles. The molecule has 4 aliphatic rings. The summed E-state index contributed by atoms with van der Waals surface area (Å²) in [5.74, 6) is 45.9. The summed E-state index contributed by atoms with van der Waals surface area (Å²) in [6.45, 7) is 2.55. The van der Waals surface area contributed by atoms with Crippen molar-refractivity contribution in [1.29, 1.82) is 0 Å². The second-order valence-electron chi connectivity index (χ2n) is 11.1. The maximum Gasteiger partial charge on any atom is 0.171 e. The van der Waals surface area contributed by atoms with Crippen LogP contribution in [0, 0.1) is 135 Å². The summed E-state index contributed by atoms with van der Waals surface area (Å²) in [5.41, 5.74) is 0.0571. The Morgan fingerprint density at radius 3 is 2.07 bits per heavy atom. The van der Waals surface area contributed by atoms with E-state index in [2.05, 4.69) is 123 Å². The summed E-state index contributed by atoms with van der Waals surface area (Å²) in [6.07, 6.45) is 6.57. The van der Waals surface area contributed by atoms with Gasteiger partial charge in [-0.25, -0.2) is 0 Å². The summed E-state index contributed by atoms with van der Waals surface area (Å²) in [5, 5.41) is 23.0. The van der Waals surface area contributed by atoms with Crippen LogP contribution in [-0.4, -0.2) is 30.2 Å². The monoisotopic (exact) mass is 580 g/mol. The third-order valence-corrected chi connectivity index (χ3v) is 9.27. The minimum atomic E-state index is -0.951. The molecule has 0 unspecified atom stereocenters. The Hall–Kier alpha value is -5.04. The molecule has 5 rings (SSSR count). The number of ether oxygens (including phenoxy) is 1. The molecule has 8 atom stereocenters. The fraction of sp³-hybridized carbons (Fsp3) is 0.421. The number of fused-ring (bicyclic) bond motifs is 2. The SMILES string of the molecule is COOC#CC#CC#CC#CC#CC#CC#CC#CC#C[C@@]12CCC[C@@]3([C@@H]4[C@@H](CC[C@@H]13)[C@@H](C)c1ccoc1[C@@H]4O)[C@@H](O)OC2. The van der Waals surface area contributed by atoms with Gasteiger partial charge < -0.3 is 19.4 Å². The van der Waals surface area contributed by atoms with Crippen LogP contribution in [-0.2, 0) is 14.5 Å². The average Bonchev–Trinajstić information content (AvgIpc) is 3.53.